The number of nitrogens with one attached hydrogen (secondary N) is 1. The molecule has 236 valence electrons. The van der Waals surface area contributed by atoms with Gasteiger partial charge in [-0.2, -0.15) is 5.10 Å². The van der Waals surface area contributed by atoms with Crippen molar-refractivity contribution in [1.82, 2.24) is 19.6 Å². The van der Waals surface area contributed by atoms with E-state index in [1.807, 2.05) is 31.7 Å². The van der Waals surface area contributed by atoms with E-state index in [4.69, 9.17) is 27.8 Å². The Hall–Kier alpha value is -3.02. The van der Waals surface area contributed by atoms with Crippen LogP contribution in [-0.2, 0) is 4.79 Å². The normalized spacial score (nSPS) is 20.3. The maximum absolute atomic E-state index is 12.0. The molecule has 3 heterocycles. The van der Waals surface area contributed by atoms with Crippen LogP contribution in [0.1, 0.15) is 56.5 Å². The number of nitrogens with two attached hydrogens (primary N) is 1. The molecule has 12 heteroatoms. The van der Waals surface area contributed by atoms with E-state index in [-0.39, 0.29) is 23.4 Å². The summed E-state index contributed by atoms with van der Waals surface area (Å²) in [6, 6.07) is 2.20. The molecule has 1 aromatic carbocycles. The standard InChI is InChI=1S/C30H42ClN7O2.CH2F2/c1-7-24(39)36-16-30(17-36)11-21(12-30)38-20(4)25(26-22(13-32)23(33)10-18(2)27(26)31)28(34-38)37-9-8-35(14-19(37)3)15-29(5,6)40;2-1-3/h7,10,13,19,21,32,40H,1,8-9,11-12,14-17,33H2,2-6H3;1H2. The molecule has 2 aliphatic heterocycles. The van der Waals surface area contributed by atoms with Crippen LogP contribution >= 0.6 is 11.6 Å². The molecule has 1 amide bonds. The van der Waals surface area contributed by atoms with Crippen LogP contribution in [0.4, 0.5) is 20.3 Å². The maximum atomic E-state index is 12.0. The predicted molar refractivity (Wildman–Crippen MR) is 169 cm³/mol. The summed E-state index contributed by atoms with van der Waals surface area (Å²) < 4.78 is 21.4. The smallest absolute Gasteiger partial charge is 0.245 e. The van der Waals surface area contributed by atoms with Crippen LogP contribution in [-0.4, -0.2) is 94.6 Å². The highest BCUT2D eigenvalue weighted by Crippen LogP contribution is 2.55. The van der Waals surface area contributed by atoms with Gasteiger partial charge >= 0.3 is 0 Å². The molecule has 1 spiro atoms. The average Bonchev–Trinajstić information content (AvgIpc) is 3.19. The summed E-state index contributed by atoms with van der Waals surface area (Å²) in [7, 11) is 0. The van der Waals surface area contributed by atoms with Gasteiger partial charge < -0.3 is 26.0 Å². The zero-order chi connectivity index (χ0) is 31.9. The van der Waals surface area contributed by atoms with Crippen molar-refractivity contribution in [2.45, 2.75) is 65.1 Å². The molecule has 1 unspecified atom stereocenters. The first-order valence-electron chi connectivity index (χ1n) is 14.6. The van der Waals surface area contributed by atoms with Gasteiger partial charge in [-0.25, -0.2) is 8.78 Å². The minimum absolute atomic E-state index is 0.00233. The highest BCUT2D eigenvalue weighted by molar-refractivity contribution is 6.35. The first-order valence-corrected chi connectivity index (χ1v) is 15.0. The summed E-state index contributed by atoms with van der Waals surface area (Å²) in [6.07, 6.45) is 4.61. The largest absolute Gasteiger partial charge is 0.398 e. The lowest BCUT2D eigenvalue weighted by Crippen LogP contribution is -2.63. The van der Waals surface area contributed by atoms with Crippen molar-refractivity contribution in [2.24, 2.45) is 5.41 Å². The van der Waals surface area contributed by atoms with Gasteiger partial charge in [0.05, 0.1) is 16.7 Å². The molecule has 3 fully saturated rings. The molecule has 0 bridgehead atoms. The Kier molecular flexibility index (Phi) is 9.58. The van der Waals surface area contributed by atoms with Gasteiger partial charge in [-0.05, 0) is 65.2 Å². The molecule has 0 radical (unpaired) electrons. The lowest BCUT2D eigenvalue weighted by atomic mass is 9.60. The molecule has 4 N–H and O–H groups in total. The van der Waals surface area contributed by atoms with Gasteiger partial charge in [-0.3, -0.25) is 14.4 Å². The van der Waals surface area contributed by atoms with Crippen LogP contribution in [0.2, 0.25) is 5.02 Å². The third-order valence-corrected chi connectivity index (χ3v) is 9.35. The number of amides is 1. The number of aromatic nitrogens is 2. The number of benzene rings is 1. The fraction of sp³-hybridized carbons (Fsp3) is 0.581. The van der Waals surface area contributed by atoms with Crippen LogP contribution in [0.25, 0.3) is 11.1 Å². The van der Waals surface area contributed by atoms with Crippen molar-refractivity contribution in [3.63, 3.8) is 0 Å². The van der Waals surface area contributed by atoms with Gasteiger partial charge in [0.15, 0.2) is 5.82 Å². The van der Waals surface area contributed by atoms with E-state index < -0.39 is 12.5 Å². The highest BCUT2D eigenvalue weighted by Gasteiger charge is 2.54. The molecule has 9 nitrogen and oxygen atoms in total. The lowest BCUT2D eigenvalue weighted by molar-refractivity contribution is -0.149. The number of aliphatic hydroxyl groups is 1. The number of β-amino-alcohol motifs (C(OH)–C–C–N with tert-alkyl or cyclic N) is 1. The van der Waals surface area contributed by atoms with Gasteiger partial charge in [-0.15, -0.1) is 0 Å². The Labute approximate surface area is 257 Å². The van der Waals surface area contributed by atoms with Gasteiger partial charge in [0, 0.05) is 85.0 Å². The summed E-state index contributed by atoms with van der Waals surface area (Å²) in [5.74, 6) is 0.860. The fourth-order valence-corrected chi connectivity index (χ4v) is 7.30. The first-order chi connectivity index (χ1) is 20.2. The average molecular weight is 620 g/mol. The number of aryl methyl sites for hydroxylation is 1. The minimum Gasteiger partial charge on any atom is -0.398 e. The summed E-state index contributed by atoms with van der Waals surface area (Å²) >= 11 is 6.98. The second-order valence-corrected chi connectivity index (χ2v) is 13.3. The van der Waals surface area contributed by atoms with Gasteiger partial charge in [0.25, 0.3) is 0 Å². The molecule has 3 aliphatic rings. The van der Waals surface area contributed by atoms with E-state index in [0.29, 0.717) is 22.8 Å². The van der Waals surface area contributed by atoms with Crippen molar-refractivity contribution < 1.29 is 18.7 Å². The molecule has 43 heavy (non-hydrogen) atoms. The highest BCUT2D eigenvalue weighted by atomic mass is 35.5. The Bertz CT molecular complexity index is 1380. The number of hydrogen-bond acceptors (Lipinski definition) is 7. The number of rotatable bonds is 7. The van der Waals surface area contributed by atoms with E-state index in [1.54, 1.807) is 0 Å². The number of likely N-dealkylation sites (tertiary alicyclic amines) is 1. The molecular formula is C31H44ClF2N7O2. The summed E-state index contributed by atoms with van der Waals surface area (Å²) in [5.41, 5.74) is 10.5. The first kappa shape index (κ1) is 32.9. The number of nitrogens with zero attached hydrogens (tertiary/aromatic N) is 5. The van der Waals surface area contributed by atoms with E-state index in [1.165, 1.54) is 12.3 Å². The predicted octanol–water partition coefficient (Wildman–Crippen LogP) is 4.91. The van der Waals surface area contributed by atoms with Gasteiger partial charge in [0.1, 0.15) is 0 Å². The van der Waals surface area contributed by atoms with Crippen molar-refractivity contribution >= 4 is 35.2 Å². The van der Waals surface area contributed by atoms with Gasteiger partial charge in [0.2, 0.25) is 12.8 Å². The molecule has 1 atom stereocenters. The van der Waals surface area contributed by atoms with Crippen LogP contribution in [0.15, 0.2) is 18.7 Å². The van der Waals surface area contributed by atoms with Crippen LogP contribution in [0.5, 0.6) is 0 Å². The summed E-state index contributed by atoms with van der Waals surface area (Å²) in [5, 5.41) is 24.4. The summed E-state index contributed by atoms with van der Waals surface area (Å²) in [4.78, 5) is 18.5. The Morgan fingerprint density at radius 2 is 1.91 bits per heavy atom. The SMILES string of the molecule is C=CC(=O)N1CC2(CC(n3nc(N4CCN(CC(C)(C)O)CC4C)c(-c4c(Cl)c(C)cc(N)c4C=N)c3C)C2)C1.FCF. The van der Waals surface area contributed by atoms with E-state index in [9.17, 15) is 18.7 Å². The topological polar surface area (TPSA) is 115 Å². The number of alkyl halides is 2. The molecular weight excluding hydrogens is 576 g/mol. The number of anilines is 2. The van der Waals surface area contributed by atoms with Crippen LogP contribution < -0.4 is 10.6 Å². The zero-order valence-electron chi connectivity index (χ0n) is 25.8. The number of carbonyl (C=O) groups excluding carboxylic acids is 1. The van der Waals surface area contributed by atoms with E-state index in [2.05, 4.69) is 34.9 Å². The second-order valence-electron chi connectivity index (χ2n) is 12.9. The van der Waals surface area contributed by atoms with Crippen molar-refractivity contribution in [3.8, 4) is 11.1 Å². The molecule has 2 aromatic rings. The number of nitrogen functional groups attached to an aromatic ring is 1. The lowest BCUT2D eigenvalue weighted by Gasteiger charge is -2.58. The van der Waals surface area contributed by atoms with Crippen LogP contribution in [0.3, 0.4) is 0 Å². The molecule has 1 aliphatic carbocycles. The molecule has 1 saturated carbocycles. The number of halogens is 3. The zero-order valence-corrected chi connectivity index (χ0v) is 26.5. The number of carbonyl (C=O) groups is 1. The van der Waals surface area contributed by atoms with Crippen LogP contribution in [0, 0.1) is 24.7 Å². The van der Waals surface area contributed by atoms with Gasteiger partial charge in [-0.1, -0.05) is 18.2 Å². The van der Waals surface area contributed by atoms with Crippen molar-refractivity contribution in [1.29, 1.82) is 5.41 Å². The third kappa shape index (κ3) is 6.44. The number of hydrogen-bond donors (Lipinski definition) is 3. The fourth-order valence-electron chi connectivity index (χ4n) is 7.04. The second kappa shape index (κ2) is 12.5. The maximum Gasteiger partial charge on any atom is 0.245 e. The third-order valence-electron chi connectivity index (χ3n) is 8.86. The number of piperazine rings is 1. The summed E-state index contributed by atoms with van der Waals surface area (Å²) in [6.45, 7) is 16.3. The van der Waals surface area contributed by atoms with Crippen molar-refractivity contribution in [3.05, 3.63) is 40.6 Å². The quantitative estimate of drug-likeness (QED) is 0.230. The molecule has 2 saturated heterocycles. The van der Waals surface area contributed by atoms with E-state index >= 15 is 0 Å². The Morgan fingerprint density at radius 1 is 1.28 bits per heavy atom. The van der Waals surface area contributed by atoms with E-state index in [0.717, 1.165) is 73.8 Å². The molecule has 1 aromatic heterocycles. The monoisotopic (exact) mass is 619 g/mol. The minimum atomic E-state index is -1.75. The molecule has 5 rings (SSSR count). The Morgan fingerprint density at radius 3 is 2.44 bits per heavy atom. The van der Waals surface area contributed by atoms with Crippen molar-refractivity contribution in [2.75, 3.05) is 56.8 Å². The Balaban J connectivity index is 0.00000135.